The molecule has 0 saturated carbocycles. The van der Waals surface area contributed by atoms with Gasteiger partial charge < -0.3 is 24.6 Å². The van der Waals surface area contributed by atoms with Gasteiger partial charge in [0.2, 0.25) is 0 Å². The van der Waals surface area contributed by atoms with Crippen molar-refractivity contribution in [3.8, 4) is 5.75 Å². The highest BCUT2D eigenvalue weighted by atomic mass is 19.4. The molecule has 0 aromatic heterocycles. The first-order chi connectivity index (χ1) is 20.4. The summed E-state index contributed by atoms with van der Waals surface area (Å²) >= 11 is 0. The molecule has 1 heterocycles. The summed E-state index contributed by atoms with van der Waals surface area (Å²) in [5.74, 6) is -4.75. The molecule has 0 spiro atoms. The number of hydrogen-bond acceptors (Lipinski definition) is 10. The van der Waals surface area contributed by atoms with Crippen LogP contribution in [0.25, 0.3) is 0 Å². The predicted molar refractivity (Wildman–Crippen MR) is 149 cm³/mol. The molecular weight excluding hydrogens is 575 g/mol. The van der Waals surface area contributed by atoms with Crippen molar-refractivity contribution in [2.24, 2.45) is 10.9 Å². The fraction of sp³-hybridized carbons (Fsp3) is 0.414. The molecule has 232 valence electrons. The Labute approximate surface area is 245 Å². The van der Waals surface area contributed by atoms with E-state index in [-0.39, 0.29) is 37.5 Å². The highest BCUT2D eigenvalue weighted by molar-refractivity contribution is 6.07. The third-order valence-electron chi connectivity index (χ3n) is 6.57. The number of carbonyl (C=O) groups excluding carboxylic acids is 2. The third kappa shape index (κ3) is 9.09. The number of aliphatic hydroxyl groups excluding tert-OH is 1. The van der Waals surface area contributed by atoms with Crippen molar-refractivity contribution >= 4 is 23.3 Å². The molecule has 11 nitrogen and oxygen atoms in total. The van der Waals surface area contributed by atoms with Crippen molar-refractivity contribution in [2.45, 2.75) is 38.0 Å². The number of rotatable bonds is 14. The molecule has 2 aromatic rings. The topological polar surface area (TPSA) is 150 Å². The Balaban J connectivity index is 1.68. The summed E-state index contributed by atoms with van der Waals surface area (Å²) in [6, 6.07) is 13.7. The molecule has 3 rings (SSSR count). The molecule has 0 saturated heterocycles. The van der Waals surface area contributed by atoms with Crippen molar-refractivity contribution in [2.75, 3.05) is 33.4 Å². The number of para-hydroxylation sites is 1. The predicted octanol–water partition coefficient (Wildman–Crippen LogP) is 4.11. The number of ether oxygens (including phenoxy) is 3. The van der Waals surface area contributed by atoms with Crippen molar-refractivity contribution in [1.82, 2.24) is 5.32 Å². The standard InChI is InChI=1S/C29H32F3N3O8/c1-18-23(27(37)41-2)24(19-9-8-10-20(15-19)35(39)40)25(26(34-18)29(30,31)32)28(38)42-14-7-6-13-33-16-21(36)17-43-22-11-4-3-5-12-22/h3-5,8-12,15,21,23-24,33,36H,6-7,13-14,16-17H2,1-2H3. The van der Waals surface area contributed by atoms with Gasteiger partial charge >= 0.3 is 18.1 Å². The lowest BCUT2D eigenvalue weighted by Crippen LogP contribution is -2.38. The lowest BCUT2D eigenvalue weighted by atomic mass is 9.75. The Morgan fingerprint density at radius 2 is 1.86 bits per heavy atom. The van der Waals surface area contributed by atoms with E-state index in [1.54, 1.807) is 24.3 Å². The first kappa shape index (κ1) is 33.2. The van der Waals surface area contributed by atoms with E-state index < -0.39 is 57.9 Å². The summed E-state index contributed by atoms with van der Waals surface area (Å²) in [6.45, 7) is 1.66. The molecule has 0 radical (unpaired) electrons. The summed E-state index contributed by atoms with van der Waals surface area (Å²) in [5, 5.41) is 24.4. The van der Waals surface area contributed by atoms with Gasteiger partial charge in [-0.05, 0) is 44.0 Å². The summed E-state index contributed by atoms with van der Waals surface area (Å²) < 4.78 is 57.9. The largest absolute Gasteiger partial charge is 0.491 e. The van der Waals surface area contributed by atoms with Gasteiger partial charge in [-0.15, -0.1) is 0 Å². The molecule has 3 atom stereocenters. The van der Waals surface area contributed by atoms with Crippen LogP contribution < -0.4 is 10.1 Å². The highest BCUT2D eigenvalue weighted by Gasteiger charge is 2.49. The van der Waals surface area contributed by atoms with Crippen molar-refractivity contribution in [3.05, 3.63) is 81.5 Å². The molecule has 0 aliphatic carbocycles. The first-order valence-electron chi connectivity index (χ1n) is 13.4. The van der Waals surface area contributed by atoms with Gasteiger partial charge in [0.1, 0.15) is 24.4 Å². The molecular formula is C29H32F3N3O8. The first-order valence-corrected chi connectivity index (χ1v) is 13.4. The van der Waals surface area contributed by atoms with Crippen LogP contribution in [0.5, 0.6) is 5.75 Å². The molecule has 43 heavy (non-hydrogen) atoms. The zero-order chi connectivity index (χ0) is 31.6. The van der Waals surface area contributed by atoms with Crippen LogP contribution in [-0.4, -0.2) is 73.4 Å². The molecule has 2 aromatic carbocycles. The Bertz CT molecular complexity index is 1350. The molecule has 1 aliphatic rings. The van der Waals surface area contributed by atoms with E-state index in [4.69, 9.17) is 14.2 Å². The van der Waals surface area contributed by atoms with Crippen molar-refractivity contribution in [3.63, 3.8) is 0 Å². The van der Waals surface area contributed by atoms with Crippen LogP contribution in [0, 0.1) is 16.0 Å². The van der Waals surface area contributed by atoms with Gasteiger partial charge in [-0.3, -0.25) is 19.9 Å². The Hall–Kier alpha value is -4.30. The number of methoxy groups -OCH3 is 1. The lowest BCUT2D eigenvalue weighted by Gasteiger charge is -2.32. The molecule has 0 amide bonds. The fourth-order valence-corrected chi connectivity index (χ4v) is 4.56. The minimum Gasteiger partial charge on any atom is -0.491 e. The number of non-ortho nitro benzene ring substituents is 1. The lowest BCUT2D eigenvalue weighted by molar-refractivity contribution is -0.384. The maximum Gasteiger partial charge on any atom is 0.433 e. The van der Waals surface area contributed by atoms with Crippen LogP contribution in [0.4, 0.5) is 18.9 Å². The summed E-state index contributed by atoms with van der Waals surface area (Å²) in [5.41, 5.74) is -3.26. The monoisotopic (exact) mass is 607 g/mol. The second-order valence-electron chi connectivity index (χ2n) is 9.67. The molecule has 2 N–H and O–H groups in total. The fourth-order valence-electron chi connectivity index (χ4n) is 4.56. The number of alkyl halides is 3. The number of nitrogens with one attached hydrogen (secondary N) is 1. The number of carbonyl (C=O) groups is 2. The van der Waals surface area contributed by atoms with Crippen LogP contribution >= 0.6 is 0 Å². The smallest absolute Gasteiger partial charge is 0.433 e. The molecule has 0 fully saturated rings. The number of nitro benzene ring substituents is 1. The Kier molecular flexibility index (Phi) is 11.8. The molecule has 1 aliphatic heterocycles. The number of unbranched alkanes of at least 4 members (excludes halogenated alkanes) is 1. The average molecular weight is 608 g/mol. The minimum absolute atomic E-state index is 0.0749. The summed E-state index contributed by atoms with van der Waals surface area (Å²) in [4.78, 5) is 40.1. The number of halogens is 3. The van der Waals surface area contributed by atoms with Crippen LogP contribution in [0.2, 0.25) is 0 Å². The van der Waals surface area contributed by atoms with Gasteiger partial charge in [-0.1, -0.05) is 30.3 Å². The van der Waals surface area contributed by atoms with Crippen molar-refractivity contribution in [1.29, 1.82) is 0 Å². The second kappa shape index (κ2) is 15.3. The van der Waals surface area contributed by atoms with Gasteiger partial charge in [-0.2, -0.15) is 13.2 Å². The maximum absolute atomic E-state index is 14.1. The van der Waals surface area contributed by atoms with E-state index in [2.05, 4.69) is 10.3 Å². The number of allylic oxidation sites excluding steroid dienone is 1. The third-order valence-corrected chi connectivity index (χ3v) is 6.57. The Morgan fingerprint density at radius 3 is 2.51 bits per heavy atom. The van der Waals surface area contributed by atoms with Crippen molar-refractivity contribution < 1.29 is 47.0 Å². The zero-order valence-electron chi connectivity index (χ0n) is 23.5. The van der Waals surface area contributed by atoms with Crippen LogP contribution in [0.3, 0.4) is 0 Å². The quantitative estimate of drug-likeness (QED) is 0.140. The number of aliphatic imine (C=N–C) groups is 1. The summed E-state index contributed by atoms with van der Waals surface area (Å²) in [6.07, 6.45) is -5.14. The number of nitrogens with zero attached hydrogens (tertiary/aromatic N) is 2. The van der Waals surface area contributed by atoms with Crippen LogP contribution in [0.1, 0.15) is 31.2 Å². The van der Waals surface area contributed by atoms with Gasteiger partial charge in [-0.25, -0.2) is 4.79 Å². The molecule has 3 unspecified atom stereocenters. The number of aliphatic hydroxyl groups is 1. The van der Waals surface area contributed by atoms with Crippen LogP contribution in [-0.2, 0) is 19.1 Å². The molecule has 0 bridgehead atoms. The van der Waals surface area contributed by atoms with E-state index >= 15 is 0 Å². The normalized spacial score (nSPS) is 17.6. The van der Waals surface area contributed by atoms with Gasteiger partial charge in [0.25, 0.3) is 5.69 Å². The maximum atomic E-state index is 14.1. The molecule has 14 heteroatoms. The number of benzene rings is 2. The van der Waals surface area contributed by atoms with E-state index in [1.807, 2.05) is 6.07 Å². The Morgan fingerprint density at radius 1 is 1.14 bits per heavy atom. The number of nitro groups is 1. The highest BCUT2D eigenvalue weighted by Crippen LogP contribution is 2.45. The van der Waals surface area contributed by atoms with E-state index in [0.29, 0.717) is 18.7 Å². The summed E-state index contributed by atoms with van der Waals surface area (Å²) in [7, 11) is 1.03. The van der Waals surface area contributed by atoms with Gasteiger partial charge in [0, 0.05) is 30.3 Å². The van der Waals surface area contributed by atoms with Gasteiger partial charge in [0.15, 0.2) is 5.70 Å². The van der Waals surface area contributed by atoms with E-state index in [0.717, 1.165) is 19.2 Å². The number of hydrogen-bond donors (Lipinski definition) is 2. The number of esters is 2. The SMILES string of the molecule is COC(=O)C1C(C)=NC(C(F)(F)F)=C(C(=O)OCCCCNCC(O)COc2ccccc2)C1c1cccc([N+](=O)[O-])c1. The van der Waals surface area contributed by atoms with E-state index in [1.165, 1.54) is 19.1 Å². The van der Waals surface area contributed by atoms with E-state index in [9.17, 15) is 38.0 Å². The van der Waals surface area contributed by atoms with Crippen LogP contribution in [0.15, 0.2) is 70.9 Å². The average Bonchev–Trinajstić information content (AvgIpc) is 2.98. The second-order valence-corrected chi connectivity index (χ2v) is 9.67. The minimum atomic E-state index is -5.09. The zero-order valence-corrected chi connectivity index (χ0v) is 23.5. The van der Waals surface area contributed by atoms with Gasteiger partial charge in [0.05, 0.1) is 24.2 Å².